The van der Waals surface area contributed by atoms with Crippen molar-refractivity contribution < 1.29 is 35.5 Å². The smallest absolute Gasteiger partial charge is 0.317 e. The van der Waals surface area contributed by atoms with Crippen LogP contribution < -0.4 is 0 Å². The molecule has 35 heavy (non-hydrogen) atoms. The zero-order chi connectivity index (χ0) is 25.4. The van der Waals surface area contributed by atoms with E-state index in [2.05, 4.69) is 12.1 Å². The second-order valence-electron chi connectivity index (χ2n) is 9.97. The van der Waals surface area contributed by atoms with Crippen LogP contribution in [0.3, 0.4) is 0 Å². The van der Waals surface area contributed by atoms with E-state index >= 15 is 0 Å². The van der Waals surface area contributed by atoms with Gasteiger partial charge >= 0.3 is 12.3 Å². The first-order chi connectivity index (χ1) is 16.4. The summed E-state index contributed by atoms with van der Waals surface area (Å²) in [5, 5.41) is 0. The molecule has 0 N–H and O–H groups in total. The third-order valence-electron chi connectivity index (χ3n) is 7.57. The van der Waals surface area contributed by atoms with Crippen molar-refractivity contribution in [3.63, 3.8) is 0 Å². The van der Waals surface area contributed by atoms with Crippen molar-refractivity contribution in [2.24, 2.45) is 5.92 Å². The number of halogens is 7. The summed E-state index contributed by atoms with van der Waals surface area (Å²) in [6, 6.07) is 9.59. The monoisotopic (exact) mass is 502 g/mol. The Morgan fingerprint density at radius 1 is 0.686 bits per heavy atom. The van der Waals surface area contributed by atoms with Crippen LogP contribution in [0.25, 0.3) is 0 Å². The van der Waals surface area contributed by atoms with E-state index in [0.29, 0.717) is 50.7 Å². The van der Waals surface area contributed by atoms with Crippen LogP contribution in [0, 0.1) is 24.5 Å². The van der Waals surface area contributed by atoms with Gasteiger partial charge in [-0.15, -0.1) is 0 Å². The largest absolute Gasteiger partial charge is 0.422 e. The second-order valence-corrected chi connectivity index (χ2v) is 9.97. The van der Waals surface area contributed by atoms with E-state index in [1.54, 1.807) is 0 Å². The summed E-state index contributed by atoms with van der Waals surface area (Å²) in [5.41, 5.74) is 0.543. The Bertz CT molecular complexity index is 976. The molecule has 0 unspecified atom stereocenters. The van der Waals surface area contributed by atoms with Crippen molar-refractivity contribution in [3.05, 3.63) is 70.3 Å². The lowest BCUT2D eigenvalue weighted by atomic mass is 9.78. The summed E-state index contributed by atoms with van der Waals surface area (Å²) in [6.45, 7) is 2.01. The molecular formula is C27H29F7O. The van der Waals surface area contributed by atoms with E-state index in [-0.39, 0.29) is 24.3 Å². The maximum Gasteiger partial charge on any atom is 0.422 e. The number of alkyl halides is 5. The maximum atomic E-state index is 14.9. The predicted octanol–water partition coefficient (Wildman–Crippen LogP) is 8.90. The highest BCUT2D eigenvalue weighted by Gasteiger charge is 2.45. The molecular weight excluding hydrogens is 473 g/mol. The fourth-order valence-corrected chi connectivity index (χ4v) is 5.53. The van der Waals surface area contributed by atoms with Gasteiger partial charge in [-0.2, -0.15) is 22.0 Å². The van der Waals surface area contributed by atoms with Crippen LogP contribution in [0.5, 0.6) is 0 Å². The summed E-state index contributed by atoms with van der Waals surface area (Å²) in [4.78, 5) is 0. The molecule has 2 aromatic carbocycles. The SMILES string of the molecule is Cc1ccc(C2CCC(C(F)(F)OC3CCC(c4cc(F)c(C(F)(F)F)c(F)c4)CC3)CC2)cc1. The zero-order valence-electron chi connectivity index (χ0n) is 19.5. The molecule has 2 fully saturated rings. The van der Waals surface area contributed by atoms with Crippen LogP contribution in [0.1, 0.15) is 85.5 Å². The molecule has 0 saturated heterocycles. The molecule has 0 bridgehead atoms. The number of aryl methyl sites for hydroxylation is 1. The summed E-state index contributed by atoms with van der Waals surface area (Å²) < 4.78 is 101. The third kappa shape index (κ3) is 6.01. The average Bonchev–Trinajstić information content (AvgIpc) is 2.78. The molecule has 0 amide bonds. The minimum Gasteiger partial charge on any atom is -0.317 e. The van der Waals surface area contributed by atoms with Crippen LogP contribution in [-0.4, -0.2) is 12.2 Å². The Kier molecular flexibility index (Phi) is 7.51. The lowest BCUT2D eigenvalue weighted by Crippen LogP contribution is -2.38. The van der Waals surface area contributed by atoms with E-state index in [0.717, 1.165) is 5.56 Å². The van der Waals surface area contributed by atoms with Gasteiger partial charge in [0, 0.05) is 0 Å². The lowest BCUT2D eigenvalue weighted by Gasteiger charge is -2.37. The molecule has 4 rings (SSSR count). The molecule has 0 spiro atoms. The molecule has 8 heteroatoms. The van der Waals surface area contributed by atoms with E-state index in [1.165, 1.54) is 5.56 Å². The molecule has 2 aliphatic rings. The Labute approximate surface area is 200 Å². The van der Waals surface area contributed by atoms with E-state index in [1.807, 2.05) is 19.1 Å². The summed E-state index contributed by atoms with van der Waals surface area (Å²) in [6.07, 6.45) is -5.88. The molecule has 2 aromatic rings. The van der Waals surface area contributed by atoms with Crippen LogP contribution in [0.2, 0.25) is 0 Å². The van der Waals surface area contributed by atoms with Crippen LogP contribution in [-0.2, 0) is 10.9 Å². The van der Waals surface area contributed by atoms with E-state index in [9.17, 15) is 30.7 Å². The molecule has 192 valence electrons. The second kappa shape index (κ2) is 10.1. The first kappa shape index (κ1) is 26.0. The van der Waals surface area contributed by atoms with Crippen molar-refractivity contribution in [1.29, 1.82) is 0 Å². The quantitative estimate of drug-likeness (QED) is 0.371. The number of hydrogen-bond acceptors (Lipinski definition) is 1. The van der Waals surface area contributed by atoms with Gasteiger partial charge < -0.3 is 4.74 Å². The molecule has 2 aliphatic carbocycles. The average molecular weight is 503 g/mol. The molecule has 0 aliphatic heterocycles. The van der Waals surface area contributed by atoms with Crippen molar-refractivity contribution in [2.45, 2.75) is 88.5 Å². The Hall–Kier alpha value is -2.09. The van der Waals surface area contributed by atoms with Crippen LogP contribution >= 0.6 is 0 Å². The topological polar surface area (TPSA) is 9.23 Å². The highest BCUT2D eigenvalue weighted by atomic mass is 19.4. The molecule has 2 saturated carbocycles. The predicted molar refractivity (Wildman–Crippen MR) is 118 cm³/mol. The van der Waals surface area contributed by atoms with Gasteiger partial charge in [-0.1, -0.05) is 29.8 Å². The van der Waals surface area contributed by atoms with E-state index < -0.39 is 47.4 Å². The summed E-state index contributed by atoms with van der Waals surface area (Å²) in [5.74, 6) is -4.31. The molecule has 0 aromatic heterocycles. The van der Waals surface area contributed by atoms with Crippen LogP contribution in [0.4, 0.5) is 30.7 Å². The normalized spacial score (nSPS) is 26.1. The minimum absolute atomic E-state index is 0.118. The standard InChI is InChI=1S/C27H29F7O/c1-16-2-4-17(5-3-16)18-6-10-21(11-7-18)27(33,34)35-22-12-8-19(9-13-22)20-14-23(28)25(24(29)15-20)26(30,31)32/h2-5,14-15,18-19,21-22H,6-13H2,1H3. The Morgan fingerprint density at radius 3 is 1.69 bits per heavy atom. The first-order valence-electron chi connectivity index (χ1n) is 12.1. The molecule has 0 radical (unpaired) electrons. The number of ether oxygens (including phenoxy) is 1. The van der Waals surface area contributed by atoms with Crippen molar-refractivity contribution in [2.75, 3.05) is 0 Å². The zero-order valence-corrected chi connectivity index (χ0v) is 19.5. The van der Waals surface area contributed by atoms with Crippen LogP contribution in [0.15, 0.2) is 36.4 Å². The van der Waals surface area contributed by atoms with Gasteiger partial charge in [0.25, 0.3) is 0 Å². The number of rotatable bonds is 5. The van der Waals surface area contributed by atoms with Gasteiger partial charge in [0.05, 0.1) is 12.0 Å². The molecule has 0 atom stereocenters. The minimum atomic E-state index is -5.12. The Balaban J connectivity index is 1.30. The van der Waals surface area contributed by atoms with Gasteiger partial charge in [-0.25, -0.2) is 8.78 Å². The third-order valence-corrected chi connectivity index (χ3v) is 7.57. The molecule has 1 nitrogen and oxygen atoms in total. The molecule has 0 heterocycles. The highest BCUT2D eigenvalue weighted by Crippen LogP contribution is 2.45. The highest BCUT2D eigenvalue weighted by molar-refractivity contribution is 5.31. The van der Waals surface area contributed by atoms with Gasteiger partial charge in [0.2, 0.25) is 0 Å². The Morgan fingerprint density at radius 2 is 1.17 bits per heavy atom. The van der Waals surface area contributed by atoms with Crippen molar-refractivity contribution >= 4 is 0 Å². The number of hydrogen-bond donors (Lipinski definition) is 0. The summed E-state index contributed by atoms with van der Waals surface area (Å²) >= 11 is 0. The lowest BCUT2D eigenvalue weighted by molar-refractivity contribution is -0.300. The van der Waals surface area contributed by atoms with Gasteiger partial charge in [0.1, 0.15) is 17.2 Å². The first-order valence-corrected chi connectivity index (χ1v) is 12.1. The fourth-order valence-electron chi connectivity index (χ4n) is 5.53. The van der Waals surface area contributed by atoms with Gasteiger partial charge in [-0.05, 0) is 93.4 Å². The van der Waals surface area contributed by atoms with E-state index in [4.69, 9.17) is 4.74 Å². The number of benzene rings is 2. The fraction of sp³-hybridized carbons (Fsp3) is 0.556. The summed E-state index contributed by atoms with van der Waals surface area (Å²) in [7, 11) is 0. The van der Waals surface area contributed by atoms with Gasteiger partial charge in [-0.3, -0.25) is 0 Å². The van der Waals surface area contributed by atoms with Crippen molar-refractivity contribution in [3.8, 4) is 0 Å². The van der Waals surface area contributed by atoms with Crippen molar-refractivity contribution in [1.82, 2.24) is 0 Å². The van der Waals surface area contributed by atoms with Gasteiger partial charge in [0.15, 0.2) is 0 Å². The maximum absolute atomic E-state index is 14.9.